The number of phosphoric acid groups is 1. The molecule has 0 aromatic carbocycles. The number of phosphoric ester groups is 1. The lowest BCUT2D eigenvalue weighted by Crippen LogP contribution is -2.46. The van der Waals surface area contributed by atoms with Crippen LogP contribution in [0.5, 0.6) is 0 Å². The molecule has 0 saturated heterocycles. The number of hydrogen-bond donors (Lipinski definition) is 2. The van der Waals surface area contributed by atoms with Crippen LogP contribution in [0.15, 0.2) is 12.2 Å². The predicted octanol–water partition coefficient (Wildman–Crippen LogP) is 16.4. The quantitative estimate of drug-likeness (QED) is 0.0272. The smallest absolute Gasteiger partial charge is 0.268 e. The number of aliphatic hydroxyl groups excluding tert-OH is 1. The molecule has 65 heavy (non-hydrogen) atoms. The number of likely N-dealkylation sites (N-methyl/N-ethyl adjacent to an activating group) is 1. The molecule has 0 heterocycles. The van der Waals surface area contributed by atoms with Crippen LogP contribution >= 0.6 is 7.82 Å². The molecule has 0 fully saturated rings. The molecule has 0 bridgehead atoms. The third-order valence-corrected chi connectivity index (χ3v) is 14.2. The van der Waals surface area contributed by atoms with Gasteiger partial charge in [-0.15, -0.1) is 0 Å². The van der Waals surface area contributed by atoms with Crippen LogP contribution in [0, 0.1) is 0 Å². The zero-order valence-corrected chi connectivity index (χ0v) is 45.1. The molecule has 2 N–H and O–H groups in total. The van der Waals surface area contributed by atoms with Crippen molar-refractivity contribution < 1.29 is 32.9 Å². The van der Waals surface area contributed by atoms with Crippen molar-refractivity contribution >= 4 is 13.7 Å². The second kappa shape index (κ2) is 48.3. The van der Waals surface area contributed by atoms with Crippen LogP contribution in [0.2, 0.25) is 0 Å². The van der Waals surface area contributed by atoms with Crippen molar-refractivity contribution in [2.75, 3.05) is 40.9 Å². The summed E-state index contributed by atoms with van der Waals surface area (Å²) in [5.74, 6) is -0.161. The summed E-state index contributed by atoms with van der Waals surface area (Å²) in [6.45, 7) is 4.76. The van der Waals surface area contributed by atoms with Gasteiger partial charge in [-0.05, 0) is 38.5 Å². The third-order valence-electron chi connectivity index (χ3n) is 13.3. The van der Waals surface area contributed by atoms with E-state index in [1.54, 1.807) is 0 Å². The van der Waals surface area contributed by atoms with E-state index in [0.29, 0.717) is 23.9 Å². The first kappa shape index (κ1) is 64.2. The summed E-state index contributed by atoms with van der Waals surface area (Å²) >= 11 is 0. The van der Waals surface area contributed by atoms with Crippen LogP contribution in [0.3, 0.4) is 0 Å². The molecule has 388 valence electrons. The van der Waals surface area contributed by atoms with E-state index >= 15 is 0 Å². The van der Waals surface area contributed by atoms with E-state index in [0.717, 1.165) is 38.5 Å². The molecule has 0 aromatic heterocycles. The Morgan fingerprint density at radius 2 is 0.846 bits per heavy atom. The number of carbonyl (C=O) groups excluding carboxylic acids is 1. The van der Waals surface area contributed by atoms with Crippen molar-refractivity contribution in [2.24, 2.45) is 0 Å². The molecular formula is C56H113N2O6P. The van der Waals surface area contributed by atoms with Gasteiger partial charge >= 0.3 is 0 Å². The SMILES string of the molecule is CCCCCCCCCCCCCC/C=C\CCCCCCCCCCCCC(=O)NC(COP(=O)([O-])OCC[N+](C)(C)C)C(O)CCCCCCCCCCCCCCCCCCC. The molecule has 0 radical (unpaired) electrons. The fourth-order valence-electron chi connectivity index (χ4n) is 8.74. The number of carbonyl (C=O) groups is 1. The average Bonchev–Trinajstić information content (AvgIpc) is 3.26. The summed E-state index contributed by atoms with van der Waals surface area (Å²) in [5, 5.41) is 14.0. The lowest BCUT2D eigenvalue weighted by molar-refractivity contribution is -0.870. The average molecular weight is 942 g/mol. The molecule has 0 spiro atoms. The Balaban J connectivity index is 4.12. The molecule has 3 unspecified atom stereocenters. The highest BCUT2D eigenvalue weighted by atomic mass is 31.2. The summed E-state index contributed by atoms with van der Waals surface area (Å²) in [7, 11) is 1.32. The van der Waals surface area contributed by atoms with Gasteiger partial charge in [0.1, 0.15) is 13.2 Å². The Kier molecular flexibility index (Phi) is 47.7. The number of unbranched alkanes of at least 4 members (excludes halogenated alkanes) is 38. The molecule has 0 aromatic rings. The van der Waals surface area contributed by atoms with Gasteiger partial charge in [0.25, 0.3) is 7.82 Å². The number of allylic oxidation sites excluding steroid dienone is 2. The number of rotatable bonds is 53. The van der Waals surface area contributed by atoms with Gasteiger partial charge in [0.05, 0.1) is 39.9 Å². The van der Waals surface area contributed by atoms with E-state index in [9.17, 15) is 19.4 Å². The van der Waals surface area contributed by atoms with Crippen molar-refractivity contribution in [3.8, 4) is 0 Å². The standard InChI is InChI=1S/C56H113N2O6P/c1-6-8-10-12-14-16-18-20-22-24-25-26-27-28-29-30-31-32-34-36-38-40-42-44-46-48-50-56(60)57-54(53-64-65(61,62)63-52-51-58(3,4)5)55(59)49-47-45-43-41-39-37-35-33-23-21-19-17-15-13-11-9-7-2/h28-29,54-55,59H,6-27,30-53H2,1-5H3,(H-,57,60,61,62)/b29-28-. The molecule has 0 aliphatic heterocycles. The van der Waals surface area contributed by atoms with Crippen LogP contribution in [-0.4, -0.2) is 68.5 Å². The first-order valence-corrected chi connectivity index (χ1v) is 30.0. The molecule has 1 amide bonds. The van der Waals surface area contributed by atoms with Crippen molar-refractivity contribution in [2.45, 2.75) is 302 Å². The van der Waals surface area contributed by atoms with Gasteiger partial charge in [0, 0.05) is 6.42 Å². The van der Waals surface area contributed by atoms with E-state index in [4.69, 9.17) is 9.05 Å². The maximum absolute atomic E-state index is 13.0. The Labute approximate surface area is 405 Å². The van der Waals surface area contributed by atoms with E-state index in [2.05, 4.69) is 31.3 Å². The fourth-order valence-corrected chi connectivity index (χ4v) is 9.47. The summed E-state index contributed by atoms with van der Waals surface area (Å²) in [4.78, 5) is 25.5. The Bertz CT molecular complexity index is 1070. The van der Waals surface area contributed by atoms with Crippen LogP contribution < -0.4 is 10.2 Å². The monoisotopic (exact) mass is 941 g/mol. The van der Waals surface area contributed by atoms with Crippen LogP contribution in [0.25, 0.3) is 0 Å². The number of hydrogen-bond acceptors (Lipinski definition) is 6. The highest BCUT2D eigenvalue weighted by Crippen LogP contribution is 2.38. The highest BCUT2D eigenvalue weighted by Gasteiger charge is 2.24. The van der Waals surface area contributed by atoms with Crippen LogP contribution in [0.4, 0.5) is 0 Å². The zero-order valence-electron chi connectivity index (χ0n) is 44.2. The van der Waals surface area contributed by atoms with Gasteiger partial charge in [-0.3, -0.25) is 9.36 Å². The maximum Gasteiger partial charge on any atom is 0.268 e. The molecule has 0 saturated carbocycles. The Morgan fingerprint density at radius 3 is 1.20 bits per heavy atom. The largest absolute Gasteiger partial charge is 0.756 e. The number of nitrogens with zero attached hydrogens (tertiary/aromatic N) is 1. The third kappa shape index (κ3) is 50.9. The second-order valence-electron chi connectivity index (χ2n) is 21.0. The van der Waals surface area contributed by atoms with Crippen LogP contribution in [0.1, 0.15) is 290 Å². The molecular weight excluding hydrogens is 828 g/mol. The van der Waals surface area contributed by atoms with E-state index < -0.39 is 20.0 Å². The Hall–Kier alpha value is -0.760. The van der Waals surface area contributed by atoms with Gasteiger partial charge in [-0.2, -0.15) is 0 Å². The van der Waals surface area contributed by atoms with Gasteiger partial charge in [-0.1, -0.05) is 257 Å². The molecule has 0 aliphatic carbocycles. The summed E-state index contributed by atoms with van der Waals surface area (Å²) in [6, 6.07) is -0.798. The summed E-state index contributed by atoms with van der Waals surface area (Å²) in [5.41, 5.74) is 0. The lowest BCUT2D eigenvalue weighted by Gasteiger charge is -2.30. The minimum absolute atomic E-state index is 0.0144. The number of aliphatic hydroxyl groups is 1. The topological polar surface area (TPSA) is 108 Å². The summed E-state index contributed by atoms with van der Waals surface area (Å²) < 4.78 is 23.4. The van der Waals surface area contributed by atoms with Gasteiger partial charge in [0.15, 0.2) is 0 Å². The molecule has 3 atom stereocenters. The van der Waals surface area contributed by atoms with Crippen molar-refractivity contribution in [1.82, 2.24) is 5.32 Å². The van der Waals surface area contributed by atoms with Crippen LogP contribution in [-0.2, 0) is 18.4 Å². The van der Waals surface area contributed by atoms with Gasteiger partial charge < -0.3 is 28.8 Å². The van der Waals surface area contributed by atoms with E-state index in [1.165, 1.54) is 225 Å². The second-order valence-corrected chi connectivity index (χ2v) is 22.4. The number of nitrogens with one attached hydrogen (secondary N) is 1. The number of amides is 1. The van der Waals surface area contributed by atoms with E-state index in [-0.39, 0.29) is 19.1 Å². The minimum Gasteiger partial charge on any atom is -0.756 e. The van der Waals surface area contributed by atoms with E-state index in [1.807, 2.05) is 21.1 Å². The highest BCUT2D eigenvalue weighted by molar-refractivity contribution is 7.45. The molecule has 0 rings (SSSR count). The Morgan fingerprint density at radius 1 is 0.523 bits per heavy atom. The minimum atomic E-state index is -4.57. The zero-order chi connectivity index (χ0) is 47.8. The predicted molar refractivity (Wildman–Crippen MR) is 279 cm³/mol. The van der Waals surface area contributed by atoms with Gasteiger partial charge in [0.2, 0.25) is 5.91 Å². The van der Waals surface area contributed by atoms with Crippen molar-refractivity contribution in [3.63, 3.8) is 0 Å². The lowest BCUT2D eigenvalue weighted by atomic mass is 10.0. The van der Waals surface area contributed by atoms with Gasteiger partial charge in [-0.25, -0.2) is 0 Å². The molecule has 9 heteroatoms. The summed E-state index contributed by atoms with van der Waals surface area (Å²) in [6.07, 6.45) is 58.1. The number of quaternary nitrogens is 1. The molecule has 0 aliphatic rings. The normalized spacial score (nSPS) is 14.0. The fraction of sp³-hybridized carbons (Fsp3) is 0.946. The maximum atomic E-state index is 13.0. The van der Waals surface area contributed by atoms with Crippen molar-refractivity contribution in [1.29, 1.82) is 0 Å². The first-order chi connectivity index (χ1) is 31.5. The van der Waals surface area contributed by atoms with Crippen molar-refractivity contribution in [3.05, 3.63) is 12.2 Å². The molecule has 8 nitrogen and oxygen atoms in total. The first-order valence-electron chi connectivity index (χ1n) is 28.5.